The minimum absolute atomic E-state index is 0.00332. The molecule has 142 valence electrons. The van der Waals surface area contributed by atoms with E-state index in [1.807, 2.05) is 24.0 Å². The first kappa shape index (κ1) is 18.0. The van der Waals surface area contributed by atoms with Gasteiger partial charge in [0.05, 0.1) is 4.90 Å². The van der Waals surface area contributed by atoms with Crippen LogP contribution in [0.1, 0.15) is 41.6 Å². The Morgan fingerprint density at radius 2 is 1.67 bits per heavy atom. The lowest BCUT2D eigenvalue weighted by molar-refractivity contribution is 0.0654. The Hall–Kier alpha value is -2.34. The van der Waals surface area contributed by atoms with Crippen molar-refractivity contribution in [2.24, 2.45) is 5.41 Å². The van der Waals surface area contributed by atoms with Gasteiger partial charge < -0.3 is 4.90 Å². The van der Waals surface area contributed by atoms with E-state index in [0.29, 0.717) is 16.7 Å². The molecule has 2 aliphatic rings. The number of benzene rings is 2. The molecule has 1 spiro atoms. The minimum Gasteiger partial charge on any atom is -0.338 e. The largest absolute Gasteiger partial charge is 0.338 e. The predicted molar refractivity (Wildman–Crippen MR) is 105 cm³/mol. The first-order valence-electron chi connectivity index (χ1n) is 9.36. The number of likely N-dealkylation sites (tertiary alicyclic amines) is 1. The summed E-state index contributed by atoms with van der Waals surface area (Å²) >= 11 is 0. The summed E-state index contributed by atoms with van der Waals surface area (Å²) in [4.78, 5) is 14.8. The van der Waals surface area contributed by atoms with E-state index in [9.17, 15) is 13.2 Å². The van der Waals surface area contributed by atoms with E-state index in [1.54, 1.807) is 24.3 Å². The SMILES string of the molecule is Cc1ccc(NS(=O)(=O)c2ccc(C(=O)N3CCCC4(CC4)C3)cc2)cc1. The summed E-state index contributed by atoms with van der Waals surface area (Å²) < 4.78 is 27.7. The van der Waals surface area contributed by atoms with Crippen molar-refractivity contribution in [1.29, 1.82) is 0 Å². The van der Waals surface area contributed by atoms with Gasteiger partial charge in [0, 0.05) is 24.3 Å². The quantitative estimate of drug-likeness (QED) is 0.872. The van der Waals surface area contributed by atoms with Gasteiger partial charge in [0.25, 0.3) is 15.9 Å². The molecule has 1 aliphatic heterocycles. The monoisotopic (exact) mass is 384 g/mol. The molecule has 0 atom stereocenters. The molecule has 0 aromatic heterocycles. The number of anilines is 1. The molecule has 1 N–H and O–H groups in total. The summed E-state index contributed by atoms with van der Waals surface area (Å²) in [5.41, 5.74) is 2.49. The second kappa shape index (κ2) is 6.68. The Bertz CT molecular complexity index is 946. The summed E-state index contributed by atoms with van der Waals surface area (Å²) in [7, 11) is -3.68. The molecular formula is C21H24N2O3S. The Morgan fingerprint density at radius 3 is 2.30 bits per heavy atom. The lowest BCUT2D eigenvalue weighted by atomic mass is 9.94. The second-order valence-corrected chi connectivity index (χ2v) is 9.51. The van der Waals surface area contributed by atoms with Crippen LogP contribution in [0.5, 0.6) is 0 Å². The van der Waals surface area contributed by atoms with Gasteiger partial charge in [0.1, 0.15) is 0 Å². The third kappa shape index (κ3) is 3.86. The topological polar surface area (TPSA) is 66.5 Å². The van der Waals surface area contributed by atoms with Gasteiger partial charge in [0.2, 0.25) is 0 Å². The second-order valence-electron chi connectivity index (χ2n) is 7.83. The Balaban J connectivity index is 1.47. The first-order chi connectivity index (χ1) is 12.9. The highest BCUT2D eigenvalue weighted by Gasteiger charge is 2.46. The Morgan fingerprint density at radius 1 is 1.00 bits per heavy atom. The third-order valence-electron chi connectivity index (χ3n) is 5.62. The molecule has 2 aromatic carbocycles. The normalized spacial score (nSPS) is 18.3. The fourth-order valence-electron chi connectivity index (χ4n) is 3.76. The number of amides is 1. The fourth-order valence-corrected chi connectivity index (χ4v) is 4.82. The van der Waals surface area contributed by atoms with Crippen LogP contribution >= 0.6 is 0 Å². The van der Waals surface area contributed by atoms with Crippen molar-refractivity contribution >= 4 is 21.6 Å². The van der Waals surface area contributed by atoms with Gasteiger partial charge >= 0.3 is 0 Å². The molecule has 2 aromatic rings. The van der Waals surface area contributed by atoms with E-state index in [0.717, 1.165) is 25.1 Å². The predicted octanol–water partition coefficient (Wildman–Crippen LogP) is 3.81. The van der Waals surface area contributed by atoms with Crippen molar-refractivity contribution in [3.05, 3.63) is 59.7 Å². The number of sulfonamides is 1. The van der Waals surface area contributed by atoms with Gasteiger partial charge in [-0.25, -0.2) is 8.42 Å². The average Bonchev–Trinajstić information content (AvgIpc) is 3.41. The lowest BCUT2D eigenvalue weighted by Gasteiger charge is -2.33. The zero-order chi connectivity index (χ0) is 19.1. The van der Waals surface area contributed by atoms with Crippen LogP contribution < -0.4 is 4.72 Å². The fraction of sp³-hybridized carbons (Fsp3) is 0.381. The van der Waals surface area contributed by atoms with E-state index in [1.165, 1.54) is 31.4 Å². The summed E-state index contributed by atoms with van der Waals surface area (Å²) in [6.45, 7) is 3.57. The molecule has 6 heteroatoms. The number of rotatable bonds is 4. The van der Waals surface area contributed by atoms with Crippen LogP contribution in [0.2, 0.25) is 0 Å². The Labute approximate surface area is 160 Å². The minimum atomic E-state index is -3.68. The van der Waals surface area contributed by atoms with Crippen molar-refractivity contribution in [3.63, 3.8) is 0 Å². The van der Waals surface area contributed by atoms with Crippen molar-refractivity contribution in [2.45, 2.75) is 37.5 Å². The van der Waals surface area contributed by atoms with E-state index >= 15 is 0 Å². The molecule has 0 bridgehead atoms. The molecule has 1 saturated carbocycles. The maximum absolute atomic E-state index is 12.8. The van der Waals surface area contributed by atoms with E-state index in [2.05, 4.69) is 4.72 Å². The standard InChI is InChI=1S/C21H24N2O3S/c1-16-3-7-18(8-4-16)22-27(25,26)19-9-5-17(6-10-19)20(24)23-14-2-11-21(15-23)12-13-21/h3-10,22H,2,11-15H2,1H3. The number of piperidine rings is 1. The number of hydrogen-bond donors (Lipinski definition) is 1. The van der Waals surface area contributed by atoms with E-state index < -0.39 is 10.0 Å². The number of carbonyl (C=O) groups is 1. The van der Waals surface area contributed by atoms with Crippen LogP contribution in [0.15, 0.2) is 53.4 Å². The van der Waals surface area contributed by atoms with Gasteiger partial charge in [-0.2, -0.15) is 0 Å². The van der Waals surface area contributed by atoms with Crippen LogP contribution in [0, 0.1) is 12.3 Å². The molecule has 4 rings (SSSR count). The highest BCUT2D eigenvalue weighted by atomic mass is 32.2. The summed E-state index contributed by atoms with van der Waals surface area (Å²) in [6.07, 6.45) is 4.72. The van der Waals surface area contributed by atoms with Gasteiger partial charge in [-0.05, 0) is 74.4 Å². The van der Waals surface area contributed by atoms with Crippen molar-refractivity contribution < 1.29 is 13.2 Å². The number of nitrogens with one attached hydrogen (secondary N) is 1. The molecular weight excluding hydrogens is 360 g/mol. The molecule has 2 fully saturated rings. The number of aryl methyl sites for hydroxylation is 1. The van der Waals surface area contributed by atoms with E-state index in [4.69, 9.17) is 0 Å². The van der Waals surface area contributed by atoms with Crippen LogP contribution in [-0.4, -0.2) is 32.3 Å². The van der Waals surface area contributed by atoms with Gasteiger partial charge in [0.15, 0.2) is 0 Å². The summed E-state index contributed by atoms with van der Waals surface area (Å²) in [6, 6.07) is 13.4. The first-order valence-corrected chi connectivity index (χ1v) is 10.8. The number of hydrogen-bond acceptors (Lipinski definition) is 3. The average molecular weight is 385 g/mol. The maximum atomic E-state index is 12.8. The van der Waals surface area contributed by atoms with Crippen LogP contribution in [0.3, 0.4) is 0 Å². The molecule has 5 nitrogen and oxygen atoms in total. The van der Waals surface area contributed by atoms with Gasteiger partial charge in [-0.1, -0.05) is 17.7 Å². The maximum Gasteiger partial charge on any atom is 0.261 e. The van der Waals surface area contributed by atoms with Crippen LogP contribution in [-0.2, 0) is 10.0 Å². The highest BCUT2D eigenvalue weighted by Crippen LogP contribution is 2.52. The summed E-state index contributed by atoms with van der Waals surface area (Å²) in [5, 5.41) is 0. The van der Waals surface area contributed by atoms with Crippen LogP contribution in [0.4, 0.5) is 5.69 Å². The number of carbonyl (C=O) groups excluding carboxylic acids is 1. The van der Waals surface area contributed by atoms with Gasteiger partial charge in [-0.15, -0.1) is 0 Å². The van der Waals surface area contributed by atoms with Crippen molar-refractivity contribution in [1.82, 2.24) is 4.90 Å². The smallest absolute Gasteiger partial charge is 0.261 e. The third-order valence-corrected chi connectivity index (χ3v) is 7.02. The van der Waals surface area contributed by atoms with Crippen molar-refractivity contribution in [3.8, 4) is 0 Å². The van der Waals surface area contributed by atoms with Crippen LogP contribution in [0.25, 0.3) is 0 Å². The molecule has 1 aliphatic carbocycles. The molecule has 1 amide bonds. The highest BCUT2D eigenvalue weighted by molar-refractivity contribution is 7.92. The Kier molecular flexibility index (Phi) is 4.46. The van der Waals surface area contributed by atoms with Gasteiger partial charge in [-0.3, -0.25) is 9.52 Å². The summed E-state index contributed by atoms with van der Waals surface area (Å²) in [5.74, 6) is -0.00332. The number of nitrogens with zero attached hydrogens (tertiary/aromatic N) is 1. The molecule has 1 heterocycles. The zero-order valence-corrected chi connectivity index (χ0v) is 16.3. The lowest BCUT2D eigenvalue weighted by Crippen LogP contribution is -2.40. The van der Waals surface area contributed by atoms with Crippen molar-refractivity contribution in [2.75, 3.05) is 17.8 Å². The molecule has 27 heavy (non-hydrogen) atoms. The molecule has 0 radical (unpaired) electrons. The zero-order valence-electron chi connectivity index (χ0n) is 15.4. The van der Waals surface area contributed by atoms with E-state index in [-0.39, 0.29) is 10.8 Å². The molecule has 1 saturated heterocycles. The molecule has 0 unspecified atom stereocenters.